The lowest BCUT2D eigenvalue weighted by Gasteiger charge is -2.27. The van der Waals surface area contributed by atoms with E-state index in [1.807, 2.05) is 13.8 Å². The molecule has 0 spiro atoms. The molecule has 2 rings (SSSR count). The zero-order valence-electron chi connectivity index (χ0n) is 13.3. The SMILES string of the molecule is CCN(C(=O)Cc1cc(C)c(F)cc1Cl)C1=C(C)CNC(Cl)=C1. The van der Waals surface area contributed by atoms with Crippen LogP contribution in [0.4, 0.5) is 4.39 Å². The number of nitrogens with one attached hydrogen (secondary N) is 1. The smallest absolute Gasteiger partial charge is 0.231 e. The largest absolute Gasteiger partial charge is 0.372 e. The standard InChI is InChI=1S/C17H19Cl2FN2O/c1-4-22(15-8-16(19)21-9-11(15)3)17(23)6-12-5-10(2)14(20)7-13(12)18/h5,7-8,21H,4,6,9H2,1-3H3. The summed E-state index contributed by atoms with van der Waals surface area (Å²) in [5, 5.41) is 3.79. The number of aryl methyl sites for hydroxylation is 1. The second-order valence-corrected chi connectivity index (χ2v) is 6.33. The highest BCUT2D eigenvalue weighted by Gasteiger charge is 2.21. The van der Waals surface area contributed by atoms with Crippen molar-refractivity contribution in [3.8, 4) is 0 Å². The third kappa shape index (κ3) is 4.06. The summed E-state index contributed by atoms with van der Waals surface area (Å²) in [6, 6.07) is 2.87. The van der Waals surface area contributed by atoms with E-state index in [1.165, 1.54) is 6.07 Å². The molecule has 0 radical (unpaired) electrons. The maximum atomic E-state index is 13.5. The van der Waals surface area contributed by atoms with Crippen LogP contribution in [0, 0.1) is 12.7 Å². The number of carbonyl (C=O) groups excluding carboxylic acids is 1. The van der Waals surface area contributed by atoms with Crippen LogP contribution >= 0.6 is 23.2 Å². The molecule has 1 N–H and O–H groups in total. The van der Waals surface area contributed by atoms with Crippen LogP contribution in [0.2, 0.25) is 5.02 Å². The summed E-state index contributed by atoms with van der Waals surface area (Å²) in [7, 11) is 0. The Morgan fingerprint density at radius 3 is 2.70 bits per heavy atom. The molecule has 0 saturated heterocycles. The van der Waals surface area contributed by atoms with Crippen molar-refractivity contribution in [2.24, 2.45) is 0 Å². The normalized spacial score (nSPS) is 14.4. The van der Waals surface area contributed by atoms with Gasteiger partial charge in [0.2, 0.25) is 5.91 Å². The third-order valence-corrected chi connectivity index (χ3v) is 4.40. The van der Waals surface area contributed by atoms with E-state index in [1.54, 1.807) is 24.0 Å². The molecule has 23 heavy (non-hydrogen) atoms. The maximum absolute atomic E-state index is 13.5. The molecule has 1 aromatic rings. The molecule has 1 heterocycles. The molecule has 1 amide bonds. The minimum atomic E-state index is -0.370. The molecule has 3 nitrogen and oxygen atoms in total. The summed E-state index contributed by atoms with van der Waals surface area (Å²) in [6.07, 6.45) is 1.86. The average molecular weight is 357 g/mol. The van der Waals surface area contributed by atoms with Crippen molar-refractivity contribution in [3.63, 3.8) is 0 Å². The lowest BCUT2D eigenvalue weighted by Crippen LogP contribution is -2.34. The van der Waals surface area contributed by atoms with E-state index in [2.05, 4.69) is 5.32 Å². The Morgan fingerprint density at radius 2 is 2.04 bits per heavy atom. The Labute approximate surface area is 145 Å². The predicted octanol–water partition coefficient (Wildman–Crippen LogP) is 4.14. The van der Waals surface area contributed by atoms with E-state index in [0.717, 1.165) is 11.3 Å². The lowest BCUT2D eigenvalue weighted by molar-refractivity contribution is -0.128. The second-order valence-electron chi connectivity index (χ2n) is 5.52. The van der Waals surface area contributed by atoms with Crippen LogP contribution in [-0.2, 0) is 11.2 Å². The number of benzene rings is 1. The summed E-state index contributed by atoms with van der Waals surface area (Å²) in [5.74, 6) is -0.470. The number of hydrogen-bond donors (Lipinski definition) is 1. The number of amides is 1. The predicted molar refractivity (Wildman–Crippen MR) is 91.9 cm³/mol. The maximum Gasteiger partial charge on any atom is 0.231 e. The van der Waals surface area contributed by atoms with Gasteiger partial charge < -0.3 is 10.2 Å². The third-order valence-electron chi connectivity index (χ3n) is 3.80. The molecule has 0 saturated carbocycles. The Kier molecular flexibility index (Phi) is 5.71. The van der Waals surface area contributed by atoms with Crippen LogP contribution in [0.15, 0.2) is 34.6 Å². The number of nitrogens with zero attached hydrogens (tertiary/aromatic N) is 1. The van der Waals surface area contributed by atoms with Crippen LogP contribution in [-0.4, -0.2) is 23.9 Å². The fraction of sp³-hybridized carbons (Fsp3) is 0.353. The van der Waals surface area contributed by atoms with Gasteiger partial charge in [0, 0.05) is 23.8 Å². The molecule has 6 heteroatoms. The van der Waals surface area contributed by atoms with Crippen LogP contribution in [0.1, 0.15) is 25.0 Å². The number of halogens is 3. The van der Waals surface area contributed by atoms with Crippen molar-refractivity contribution in [2.45, 2.75) is 27.2 Å². The van der Waals surface area contributed by atoms with Crippen molar-refractivity contribution in [1.82, 2.24) is 10.2 Å². The van der Waals surface area contributed by atoms with E-state index in [9.17, 15) is 9.18 Å². The zero-order valence-corrected chi connectivity index (χ0v) is 14.9. The fourth-order valence-corrected chi connectivity index (χ4v) is 2.89. The van der Waals surface area contributed by atoms with Crippen molar-refractivity contribution < 1.29 is 9.18 Å². The quantitative estimate of drug-likeness (QED) is 0.822. The van der Waals surface area contributed by atoms with Crippen LogP contribution in [0.5, 0.6) is 0 Å². The van der Waals surface area contributed by atoms with Crippen molar-refractivity contribution in [1.29, 1.82) is 0 Å². The van der Waals surface area contributed by atoms with E-state index in [-0.39, 0.29) is 23.2 Å². The van der Waals surface area contributed by atoms with Crippen LogP contribution in [0.25, 0.3) is 0 Å². The van der Waals surface area contributed by atoms with Crippen molar-refractivity contribution in [2.75, 3.05) is 13.1 Å². The van der Waals surface area contributed by atoms with E-state index < -0.39 is 0 Å². The molecule has 0 aliphatic carbocycles. The van der Waals surface area contributed by atoms with Gasteiger partial charge in [-0.1, -0.05) is 29.3 Å². The Hall–Kier alpha value is -1.52. The number of hydrogen-bond acceptors (Lipinski definition) is 2. The second kappa shape index (κ2) is 7.37. The first kappa shape index (κ1) is 17.8. The molecule has 0 fully saturated rings. The summed E-state index contributed by atoms with van der Waals surface area (Å²) < 4.78 is 13.5. The van der Waals surface area contributed by atoms with Crippen molar-refractivity contribution >= 4 is 29.1 Å². The molecule has 0 unspecified atom stereocenters. The highest BCUT2D eigenvalue weighted by atomic mass is 35.5. The molecule has 1 aromatic carbocycles. The van der Waals surface area contributed by atoms with Crippen LogP contribution < -0.4 is 5.32 Å². The molecular formula is C17H19Cl2FN2O. The van der Waals surface area contributed by atoms with Gasteiger partial charge >= 0.3 is 0 Å². The van der Waals surface area contributed by atoms with Gasteiger partial charge in [0.1, 0.15) is 11.0 Å². The zero-order chi connectivity index (χ0) is 17.1. The minimum absolute atomic E-state index is 0.0997. The van der Waals surface area contributed by atoms with Gasteiger partial charge in [-0.05, 0) is 49.6 Å². The first-order chi connectivity index (χ1) is 10.8. The molecule has 124 valence electrons. The molecule has 0 aromatic heterocycles. The van der Waals surface area contributed by atoms with Gasteiger partial charge in [-0.3, -0.25) is 4.79 Å². The van der Waals surface area contributed by atoms with E-state index >= 15 is 0 Å². The minimum Gasteiger partial charge on any atom is -0.372 e. The summed E-state index contributed by atoms with van der Waals surface area (Å²) in [6.45, 7) is 6.63. The molecule has 1 aliphatic heterocycles. The van der Waals surface area contributed by atoms with E-state index in [4.69, 9.17) is 23.2 Å². The van der Waals surface area contributed by atoms with Gasteiger partial charge in [0.25, 0.3) is 0 Å². The van der Waals surface area contributed by atoms with Gasteiger partial charge in [-0.25, -0.2) is 4.39 Å². The Bertz CT molecular complexity index is 698. The summed E-state index contributed by atoms with van der Waals surface area (Å²) in [5.41, 5.74) is 2.93. The van der Waals surface area contributed by atoms with E-state index in [0.29, 0.717) is 29.4 Å². The summed E-state index contributed by atoms with van der Waals surface area (Å²) >= 11 is 12.1. The highest BCUT2D eigenvalue weighted by Crippen LogP contribution is 2.24. The lowest BCUT2D eigenvalue weighted by atomic mass is 10.1. The number of allylic oxidation sites excluding steroid dienone is 1. The number of carbonyl (C=O) groups is 1. The monoisotopic (exact) mass is 356 g/mol. The highest BCUT2D eigenvalue weighted by molar-refractivity contribution is 6.31. The van der Waals surface area contributed by atoms with Gasteiger partial charge in [0.05, 0.1) is 6.42 Å². The van der Waals surface area contributed by atoms with Crippen molar-refractivity contribution in [3.05, 3.63) is 56.6 Å². The first-order valence-corrected chi connectivity index (χ1v) is 8.14. The summed E-state index contributed by atoms with van der Waals surface area (Å²) in [4.78, 5) is 14.4. The van der Waals surface area contributed by atoms with Crippen LogP contribution in [0.3, 0.4) is 0 Å². The molecule has 0 atom stereocenters. The molecular weight excluding hydrogens is 338 g/mol. The first-order valence-electron chi connectivity index (χ1n) is 7.39. The molecule has 1 aliphatic rings. The number of rotatable bonds is 4. The Balaban J connectivity index is 2.27. The topological polar surface area (TPSA) is 32.3 Å². The fourth-order valence-electron chi connectivity index (χ4n) is 2.50. The molecule has 0 bridgehead atoms. The number of likely N-dealkylation sites (N-methyl/N-ethyl adjacent to an activating group) is 1. The average Bonchev–Trinajstić information content (AvgIpc) is 2.49. The Morgan fingerprint density at radius 1 is 1.35 bits per heavy atom. The van der Waals surface area contributed by atoms with Gasteiger partial charge in [0.15, 0.2) is 0 Å². The van der Waals surface area contributed by atoms with Gasteiger partial charge in [-0.15, -0.1) is 0 Å². The van der Waals surface area contributed by atoms with Gasteiger partial charge in [-0.2, -0.15) is 0 Å². The number of dihydropyridines is 1.